The topological polar surface area (TPSA) is 77.4 Å². The normalized spacial score (nSPS) is 22.4. The van der Waals surface area contributed by atoms with Crippen molar-refractivity contribution in [1.29, 1.82) is 0 Å². The number of halogens is 1. The van der Waals surface area contributed by atoms with Gasteiger partial charge in [-0.25, -0.2) is 8.42 Å². The Morgan fingerprint density at radius 3 is 2.76 bits per heavy atom. The fourth-order valence-electron chi connectivity index (χ4n) is 2.61. The molecule has 0 radical (unpaired) electrons. The molecule has 21 heavy (non-hydrogen) atoms. The Morgan fingerprint density at radius 1 is 1.52 bits per heavy atom. The Bertz CT molecular complexity index is 626. The minimum Gasteiger partial charge on any atom is -0.381 e. The molecule has 1 amide bonds. The lowest BCUT2D eigenvalue weighted by atomic mass is 10.2. The quantitative estimate of drug-likeness (QED) is 0.832. The van der Waals surface area contributed by atoms with Gasteiger partial charge in [-0.05, 0) is 32.3 Å². The van der Waals surface area contributed by atoms with Gasteiger partial charge in [0, 0.05) is 36.6 Å². The second-order valence-corrected chi connectivity index (χ2v) is 7.69. The molecule has 0 aliphatic heterocycles. The zero-order chi connectivity index (χ0) is 15.6. The summed E-state index contributed by atoms with van der Waals surface area (Å²) in [5.41, 5.74) is 0.303. The Kier molecular flexibility index (Phi) is 4.95. The predicted octanol–water partition coefficient (Wildman–Crippen LogP) is 1.73. The van der Waals surface area contributed by atoms with Crippen molar-refractivity contribution in [3.05, 3.63) is 18.0 Å². The van der Waals surface area contributed by atoms with Crippen LogP contribution in [0.5, 0.6) is 0 Å². The lowest BCUT2D eigenvalue weighted by Gasteiger charge is -2.13. The molecule has 1 aliphatic rings. The summed E-state index contributed by atoms with van der Waals surface area (Å²) in [5, 5.41) is 2.92. The molecule has 6 nitrogen and oxygen atoms in total. The van der Waals surface area contributed by atoms with Crippen LogP contribution in [0.25, 0.3) is 0 Å². The molecule has 1 N–H and O–H groups in total. The first-order valence-corrected chi connectivity index (χ1v) is 9.14. The van der Waals surface area contributed by atoms with E-state index < -0.39 is 9.05 Å². The average Bonchev–Trinajstić information content (AvgIpc) is 3.03. The van der Waals surface area contributed by atoms with Crippen molar-refractivity contribution in [3.8, 4) is 0 Å². The molecule has 2 rings (SSSR count). The maximum Gasteiger partial charge on any atom is 0.268 e. The Labute approximate surface area is 128 Å². The van der Waals surface area contributed by atoms with Gasteiger partial charge in [-0.3, -0.25) is 4.79 Å². The SMILES string of the molecule is CCn1cc(S(=O)(=O)Cl)cc1C(=O)NC1CCC(OC)C1. The molecule has 8 heteroatoms. The van der Waals surface area contributed by atoms with E-state index in [4.69, 9.17) is 15.4 Å². The third-order valence-corrected chi connectivity index (χ3v) is 5.10. The summed E-state index contributed by atoms with van der Waals surface area (Å²) in [6.45, 7) is 2.32. The molecular weight excluding hydrogens is 316 g/mol. The van der Waals surface area contributed by atoms with Gasteiger partial charge in [0.05, 0.1) is 6.10 Å². The highest BCUT2D eigenvalue weighted by molar-refractivity contribution is 8.13. The van der Waals surface area contributed by atoms with Crippen molar-refractivity contribution in [2.45, 2.75) is 49.8 Å². The summed E-state index contributed by atoms with van der Waals surface area (Å²) in [6, 6.07) is 1.36. The number of nitrogens with zero attached hydrogens (tertiary/aromatic N) is 1. The highest BCUT2D eigenvalue weighted by atomic mass is 35.7. The van der Waals surface area contributed by atoms with E-state index >= 15 is 0 Å². The second-order valence-electron chi connectivity index (χ2n) is 5.13. The van der Waals surface area contributed by atoms with E-state index in [1.165, 1.54) is 12.3 Å². The molecule has 0 saturated heterocycles. The fourth-order valence-corrected chi connectivity index (χ4v) is 3.37. The number of aromatic nitrogens is 1. The monoisotopic (exact) mass is 334 g/mol. The maximum absolute atomic E-state index is 12.3. The number of amides is 1. The van der Waals surface area contributed by atoms with Gasteiger partial charge >= 0.3 is 0 Å². The van der Waals surface area contributed by atoms with E-state index in [1.54, 1.807) is 11.7 Å². The van der Waals surface area contributed by atoms with Gasteiger partial charge < -0.3 is 14.6 Å². The van der Waals surface area contributed by atoms with Crippen molar-refractivity contribution < 1.29 is 17.9 Å². The molecule has 1 aliphatic carbocycles. The minimum atomic E-state index is -3.84. The van der Waals surface area contributed by atoms with E-state index in [-0.39, 0.29) is 22.9 Å². The molecule has 0 spiro atoms. The van der Waals surface area contributed by atoms with Crippen LogP contribution in [0.1, 0.15) is 36.7 Å². The highest BCUT2D eigenvalue weighted by Crippen LogP contribution is 2.23. The Morgan fingerprint density at radius 2 is 2.24 bits per heavy atom. The summed E-state index contributed by atoms with van der Waals surface area (Å²) >= 11 is 0. The smallest absolute Gasteiger partial charge is 0.268 e. The van der Waals surface area contributed by atoms with Gasteiger partial charge in [0.15, 0.2) is 0 Å². The van der Waals surface area contributed by atoms with Gasteiger partial charge in [0.2, 0.25) is 0 Å². The van der Waals surface area contributed by atoms with Crippen molar-refractivity contribution in [2.24, 2.45) is 0 Å². The standard InChI is InChI=1S/C13H19ClN2O4S/c1-3-16-8-11(21(14,18)19)7-12(16)13(17)15-9-4-5-10(6-9)20-2/h7-10H,3-6H2,1-2H3,(H,15,17). The van der Waals surface area contributed by atoms with Crippen molar-refractivity contribution in [3.63, 3.8) is 0 Å². The molecule has 1 aromatic heterocycles. The molecule has 2 unspecified atom stereocenters. The molecule has 118 valence electrons. The third kappa shape index (κ3) is 3.78. The van der Waals surface area contributed by atoms with Crippen molar-refractivity contribution in [2.75, 3.05) is 7.11 Å². The van der Waals surface area contributed by atoms with Crippen LogP contribution in [-0.2, 0) is 20.3 Å². The van der Waals surface area contributed by atoms with Gasteiger partial charge in [-0.2, -0.15) is 0 Å². The van der Waals surface area contributed by atoms with Crippen LogP contribution in [0.2, 0.25) is 0 Å². The summed E-state index contributed by atoms with van der Waals surface area (Å²) < 4.78 is 29.6. The Balaban J connectivity index is 2.14. The lowest BCUT2D eigenvalue weighted by Crippen LogP contribution is -2.34. The number of aryl methyl sites for hydroxylation is 1. The number of rotatable bonds is 5. The molecule has 1 aromatic rings. The van der Waals surface area contributed by atoms with Gasteiger partial charge in [0.25, 0.3) is 15.0 Å². The van der Waals surface area contributed by atoms with E-state index in [1.807, 2.05) is 6.92 Å². The van der Waals surface area contributed by atoms with E-state index in [9.17, 15) is 13.2 Å². The molecule has 1 fully saturated rings. The van der Waals surface area contributed by atoms with Gasteiger partial charge in [-0.15, -0.1) is 0 Å². The summed E-state index contributed by atoms with van der Waals surface area (Å²) in [4.78, 5) is 12.2. The number of carbonyl (C=O) groups excluding carboxylic acids is 1. The van der Waals surface area contributed by atoms with Crippen LogP contribution < -0.4 is 5.32 Å². The van der Waals surface area contributed by atoms with Crippen LogP contribution >= 0.6 is 10.7 Å². The van der Waals surface area contributed by atoms with Crippen LogP contribution in [0.3, 0.4) is 0 Å². The first-order chi connectivity index (χ1) is 9.85. The molecular formula is C13H19ClN2O4S. The van der Waals surface area contributed by atoms with Crippen molar-refractivity contribution >= 4 is 25.6 Å². The molecule has 0 bridgehead atoms. The average molecular weight is 335 g/mol. The van der Waals surface area contributed by atoms with Gasteiger partial charge in [-0.1, -0.05) is 0 Å². The molecule has 1 heterocycles. The first kappa shape index (κ1) is 16.3. The zero-order valence-electron chi connectivity index (χ0n) is 12.0. The Hall–Kier alpha value is -1.05. The second kappa shape index (κ2) is 6.37. The maximum atomic E-state index is 12.3. The number of ether oxygens (including phenoxy) is 1. The zero-order valence-corrected chi connectivity index (χ0v) is 13.6. The van der Waals surface area contributed by atoms with Crippen LogP contribution in [0.4, 0.5) is 0 Å². The summed E-state index contributed by atoms with van der Waals surface area (Å²) in [7, 11) is 3.15. The minimum absolute atomic E-state index is 0.0544. The van der Waals surface area contributed by atoms with Crippen molar-refractivity contribution in [1.82, 2.24) is 9.88 Å². The predicted molar refractivity (Wildman–Crippen MR) is 79.0 cm³/mol. The molecule has 2 atom stereocenters. The number of nitrogens with one attached hydrogen (secondary N) is 1. The van der Waals surface area contributed by atoms with E-state index in [0.717, 1.165) is 19.3 Å². The number of hydrogen-bond donors (Lipinski definition) is 1. The molecule has 1 saturated carbocycles. The molecule has 0 aromatic carbocycles. The van der Waals surface area contributed by atoms with E-state index in [0.29, 0.717) is 12.2 Å². The van der Waals surface area contributed by atoms with E-state index in [2.05, 4.69) is 5.32 Å². The summed E-state index contributed by atoms with van der Waals surface area (Å²) in [6.07, 6.45) is 4.10. The first-order valence-electron chi connectivity index (χ1n) is 6.83. The fraction of sp³-hybridized carbons (Fsp3) is 0.615. The van der Waals surface area contributed by atoms with Crippen LogP contribution in [0.15, 0.2) is 17.2 Å². The number of carbonyl (C=O) groups is 1. The van der Waals surface area contributed by atoms with Gasteiger partial charge in [0.1, 0.15) is 10.6 Å². The number of hydrogen-bond acceptors (Lipinski definition) is 4. The summed E-state index contributed by atoms with van der Waals surface area (Å²) in [5.74, 6) is -0.287. The van der Waals surface area contributed by atoms with Crippen LogP contribution in [0, 0.1) is 0 Å². The van der Waals surface area contributed by atoms with Crippen LogP contribution in [-0.4, -0.2) is 38.1 Å². The number of methoxy groups -OCH3 is 1. The third-order valence-electron chi connectivity index (χ3n) is 3.78. The largest absolute Gasteiger partial charge is 0.381 e. The lowest BCUT2D eigenvalue weighted by molar-refractivity contribution is 0.0906. The highest BCUT2D eigenvalue weighted by Gasteiger charge is 2.27.